The number of aliphatic hydroxyl groups excluding tert-OH is 3. The van der Waals surface area contributed by atoms with E-state index in [4.69, 9.17) is 85.1 Å². The Morgan fingerprint density at radius 3 is 0.785 bits per heavy atom. The first-order valence-electron chi connectivity index (χ1n) is 31.7. The standard InChI is InChI=1S/C23H23NO4.2C19H15NO2.C13H9ClO.C6H7NO.C2H5ClO.CH2O3.3K.H2O.H/c25-16-14-24(15-17-26)20-8-12-22(13-9-20)28-21-10-6-19(7-11-21)23(27)18-4-2-1-3-5-18;2*20-16-8-12-18(13-9-16)22-17-10-6-15(7-11-17)19(21)14-4-2-1-3-5-14;14-12-8-6-11(7-9-12)13(15)10-4-2-1-3-5-10;7-5-1-3-6(8)4-2-5;3-1-2-4;2-1-4-3;;;;;/h1-13,25-26H,14-17H2;2*1-13H,20H2;1-9H;1-4,8H,7H2;4H,1-2H2;1,3H;;;;1H2;/q;;;;;;;3*+1;;-1/p-2. The zero-order valence-corrected chi connectivity index (χ0v) is 70.0. The number of anilines is 4. The first-order valence-corrected chi connectivity index (χ1v) is 32.7. The summed E-state index contributed by atoms with van der Waals surface area (Å²) < 4.78 is 17.3. The number of nitrogen functional groups attached to an aromatic ring is 3. The number of benzene rings is 12. The van der Waals surface area contributed by atoms with E-state index in [1.807, 2.05) is 102 Å². The van der Waals surface area contributed by atoms with Gasteiger partial charge in [-0.2, -0.15) is 0 Å². The van der Waals surface area contributed by atoms with E-state index in [2.05, 4.69) is 4.89 Å². The van der Waals surface area contributed by atoms with Gasteiger partial charge in [-0.15, -0.1) is 11.6 Å². The van der Waals surface area contributed by atoms with E-state index in [9.17, 15) is 19.2 Å². The summed E-state index contributed by atoms with van der Waals surface area (Å²) in [5, 5.41) is 43.8. The van der Waals surface area contributed by atoms with Gasteiger partial charge in [-0.3, -0.25) is 24.0 Å². The molecule has 107 heavy (non-hydrogen) atoms. The van der Waals surface area contributed by atoms with Crippen molar-refractivity contribution >= 4 is 75.6 Å². The fourth-order valence-electron chi connectivity index (χ4n) is 8.94. The molecule has 11 N–H and O–H groups in total. The number of ketones is 4. The van der Waals surface area contributed by atoms with Crippen molar-refractivity contribution in [3.05, 3.63) is 365 Å². The number of halogens is 2. The molecule has 0 aromatic heterocycles. The van der Waals surface area contributed by atoms with Gasteiger partial charge < -0.3 is 73.8 Å². The van der Waals surface area contributed by atoms with Crippen LogP contribution in [-0.2, 0) is 9.68 Å². The number of alkyl halides is 1. The van der Waals surface area contributed by atoms with Gasteiger partial charge in [0.2, 0.25) is 0 Å². The second kappa shape index (κ2) is 55.0. The van der Waals surface area contributed by atoms with Crippen LogP contribution < -0.4 is 196 Å². The SMILES string of the molecule is Nc1ccc(O)cc1.Nc1ccc(Oc2ccc(C(=O)c3ccccc3)cc2)cc1.Nc1ccc(Oc2ccc(C(=O)c3ccccc3)cc2)cc1.O=C(c1ccccc1)c1ccc(Cl)cc1.O=C(c1ccccc1)c1ccc(Oc2ccc(N(CCO)CCO)cc2)cc1.O=CO[O-].OCCCl.[H-].[K+].[K+].[K+].[OH-]. The van der Waals surface area contributed by atoms with Gasteiger partial charge in [-0.05, 0) is 194 Å². The molecular formula is C83H77Cl2K3N4O15. The molecule has 0 aliphatic rings. The van der Waals surface area contributed by atoms with Crippen LogP contribution in [0.15, 0.2) is 315 Å². The minimum atomic E-state index is -0.181. The fraction of sp³-hybridized carbons (Fsp3) is 0.0723. The summed E-state index contributed by atoms with van der Waals surface area (Å²) >= 11 is 10.7. The number of phenols is 1. The van der Waals surface area contributed by atoms with Gasteiger partial charge >= 0.3 is 154 Å². The number of hydrogen-bond acceptors (Lipinski definition) is 19. The molecule has 0 radical (unpaired) electrons. The number of phenolic OH excluding ortho intramolecular Hbond substituents is 1. The number of carbonyl (C=O) groups excluding carboxylic acids is 5. The Hall–Kier alpha value is -7.52. The van der Waals surface area contributed by atoms with Gasteiger partial charge in [-0.25, -0.2) is 0 Å². The van der Waals surface area contributed by atoms with Gasteiger partial charge in [0.25, 0.3) is 6.47 Å². The fourth-order valence-corrected chi connectivity index (χ4v) is 9.07. The number of aliphatic hydroxyl groups is 3. The zero-order chi connectivity index (χ0) is 74.0. The molecule has 19 nitrogen and oxygen atoms in total. The molecule has 0 bridgehead atoms. The van der Waals surface area contributed by atoms with Crippen LogP contribution >= 0.6 is 23.2 Å². The molecule has 0 atom stereocenters. The summed E-state index contributed by atoms with van der Waals surface area (Å²) in [5.74, 6) is 4.66. The van der Waals surface area contributed by atoms with E-state index in [0.717, 1.165) is 5.69 Å². The Morgan fingerprint density at radius 1 is 0.364 bits per heavy atom. The van der Waals surface area contributed by atoms with E-state index in [0.29, 0.717) is 120 Å². The molecule has 0 aliphatic heterocycles. The Balaban J connectivity index is 0.000000671. The van der Waals surface area contributed by atoms with E-state index in [1.165, 1.54) is 0 Å². The summed E-state index contributed by atoms with van der Waals surface area (Å²) in [6.07, 6.45) is 0. The maximum atomic E-state index is 12.4. The molecule has 0 spiro atoms. The number of carbonyl (C=O) groups is 5. The molecule has 0 aliphatic carbocycles. The summed E-state index contributed by atoms with van der Waals surface area (Å²) in [6, 6.07) is 93.1. The van der Waals surface area contributed by atoms with E-state index in [1.54, 1.807) is 218 Å². The molecule has 12 aromatic rings. The predicted octanol–water partition coefficient (Wildman–Crippen LogP) is 6.23. The molecule has 0 unspecified atom stereocenters. The van der Waals surface area contributed by atoms with Gasteiger partial charge in [0.15, 0.2) is 23.1 Å². The molecule has 12 rings (SSSR count). The zero-order valence-electron chi connectivity index (χ0n) is 60.1. The number of aromatic hydroxyl groups is 1. The summed E-state index contributed by atoms with van der Waals surface area (Å²) in [5.41, 5.74) is 24.8. The van der Waals surface area contributed by atoms with Crippen LogP contribution in [0, 0.1) is 0 Å². The Labute approximate surface area is 760 Å². The molecule has 24 heteroatoms. The summed E-state index contributed by atoms with van der Waals surface area (Å²) in [7, 11) is 0. The average Bonchev–Trinajstić information content (AvgIpc) is 0.869. The van der Waals surface area contributed by atoms with Crippen LogP contribution in [0.25, 0.3) is 0 Å². The maximum absolute atomic E-state index is 12.4. The van der Waals surface area contributed by atoms with Crippen LogP contribution in [-0.4, -0.2) is 94.3 Å². The quantitative estimate of drug-likeness (QED) is 0.00612. The summed E-state index contributed by atoms with van der Waals surface area (Å²) in [6.45, 7) is 0.857. The van der Waals surface area contributed by atoms with Crippen LogP contribution in [0.2, 0.25) is 5.02 Å². The van der Waals surface area contributed by atoms with Gasteiger partial charge in [0, 0.05) is 91.2 Å². The molecule has 0 amide bonds. The van der Waals surface area contributed by atoms with Crippen molar-refractivity contribution in [2.45, 2.75) is 0 Å². The number of hydrogen-bond donors (Lipinski definition) is 7. The molecule has 0 heterocycles. The van der Waals surface area contributed by atoms with Crippen molar-refractivity contribution in [2.75, 3.05) is 60.9 Å². The van der Waals surface area contributed by atoms with Crippen molar-refractivity contribution in [3.63, 3.8) is 0 Å². The first kappa shape index (κ1) is 95.6. The molecule has 536 valence electrons. The minimum absolute atomic E-state index is 0. The monoisotopic (exact) mass is 1560 g/mol. The first-order chi connectivity index (χ1) is 50.0. The van der Waals surface area contributed by atoms with Crippen molar-refractivity contribution in [1.29, 1.82) is 0 Å². The summed E-state index contributed by atoms with van der Waals surface area (Å²) in [4.78, 5) is 62.1. The maximum Gasteiger partial charge on any atom is 1.00 e. The van der Waals surface area contributed by atoms with Crippen LogP contribution in [0.5, 0.6) is 40.2 Å². The van der Waals surface area contributed by atoms with E-state index < -0.39 is 0 Å². The second-order valence-electron chi connectivity index (χ2n) is 21.4. The van der Waals surface area contributed by atoms with Crippen molar-refractivity contribution in [2.24, 2.45) is 0 Å². The third kappa shape index (κ3) is 35.6. The van der Waals surface area contributed by atoms with Crippen molar-refractivity contribution < 1.29 is 230 Å². The molecular weight excluding hydrogens is 1480 g/mol. The number of nitrogens with two attached hydrogens (primary N) is 3. The third-order valence-electron chi connectivity index (χ3n) is 14.0. The van der Waals surface area contributed by atoms with Gasteiger partial charge in [-0.1, -0.05) is 133 Å². The van der Waals surface area contributed by atoms with Gasteiger partial charge in [0.1, 0.15) is 40.2 Å². The number of nitrogens with zero attached hydrogens (tertiary/aromatic N) is 1. The minimum Gasteiger partial charge on any atom is -1.00 e. The largest absolute Gasteiger partial charge is 1.00 e. The Morgan fingerprint density at radius 2 is 0.570 bits per heavy atom. The van der Waals surface area contributed by atoms with E-state index in [-0.39, 0.29) is 216 Å². The average molecular weight is 1560 g/mol. The number of ether oxygens (including phenoxy) is 3. The van der Waals surface area contributed by atoms with Gasteiger partial charge in [0.05, 0.1) is 19.8 Å². The smallest absolute Gasteiger partial charge is 1.00 e. The van der Waals surface area contributed by atoms with Crippen LogP contribution in [0.1, 0.15) is 65.1 Å². The Kier molecular flexibility index (Phi) is 49.1. The molecule has 0 saturated heterocycles. The van der Waals surface area contributed by atoms with Crippen LogP contribution in [0.4, 0.5) is 22.7 Å². The topological polar surface area (TPSA) is 338 Å². The number of rotatable bonds is 21. The second-order valence-corrected chi connectivity index (χ2v) is 22.2. The predicted molar refractivity (Wildman–Crippen MR) is 406 cm³/mol. The molecule has 0 saturated carbocycles. The van der Waals surface area contributed by atoms with Crippen LogP contribution in [0.3, 0.4) is 0 Å². The van der Waals surface area contributed by atoms with Crippen molar-refractivity contribution in [1.82, 2.24) is 0 Å². The molecule has 12 aromatic carbocycles. The normalized spacial score (nSPS) is 9.48. The Bertz CT molecular complexity index is 4290. The third-order valence-corrected chi connectivity index (χ3v) is 14.4. The van der Waals surface area contributed by atoms with E-state index >= 15 is 0 Å². The molecule has 0 fully saturated rings. The van der Waals surface area contributed by atoms with Crippen molar-refractivity contribution in [3.8, 4) is 40.2 Å².